The van der Waals surface area contributed by atoms with Crippen LogP contribution in [0.25, 0.3) is 0 Å². The average Bonchev–Trinajstić information content (AvgIpc) is 2.65. The summed E-state index contributed by atoms with van der Waals surface area (Å²) in [6.45, 7) is 2.82. The van der Waals surface area contributed by atoms with Crippen LogP contribution in [0.2, 0.25) is 0 Å². The normalized spacial score (nSPS) is 18.4. The highest BCUT2D eigenvalue weighted by Gasteiger charge is 2.29. The lowest BCUT2D eigenvalue weighted by molar-refractivity contribution is 0.427. The predicted octanol–water partition coefficient (Wildman–Crippen LogP) is 0.461. The minimum Gasteiger partial charge on any atom is -0.374 e. The number of nitrogens with zero attached hydrogens (tertiary/aromatic N) is 3. The van der Waals surface area contributed by atoms with Crippen LogP contribution in [0.15, 0.2) is 16.0 Å². The number of hydrogen-bond donors (Lipinski definition) is 1. The van der Waals surface area contributed by atoms with E-state index in [1.807, 2.05) is 13.0 Å². The number of anilines is 1. The van der Waals surface area contributed by atoms with Crippen LogP contribution in [0.5, 0.6) is 0 Å². The van der Waals surface area contributed by atoms with Gasteiger partial charge in [0.2, 0.25) is 9.47 Å². The molecule has 1 aromatic rings. The summed E-state index contributed by atoms with van der Waals surface area (Å²) in [4.78, 5) is 0. The van der Waals surface area contributed by atoms with E-state index < -0.39 is 10.0 Å². The number of hydrogen-bond acceptors (Lipinski definition) is 6. The fraction of sp³-hybridized carbons (Fsp3) is 0.500. The van der Waals surface area contributed by atoms with Gasteiger partial charge in [-0.25, -0.2) is 8.42 Å². The second kappa shape index (κ2) is 4.11. The molecule has 0 spiro atoms. The Morgan fingerprint density at radius 1 is 1.50 bits per heavy atom. The van der Waals surface area contributed by atoms with Gasteiger partial charge in [0.25, 0.3) is 10.0 Å². The summed E-state index contributed by atoms with van der Waals surface area (Å²) < 4.78 is 25.6. The van der Waals surface area contributed by atoms with Crippen LogP contribution in [0.4, 0.5) is 5.13 Å². The molecule has 0 saturated heterocycles. The molecule has 6 nitrogen and oxygen atoms in total. The van der Waals surface area contributed by atoms with Crippen molar-refractivity contribution in [3.05, 3.63) is 11.6 Å². The Morgan fingerprint density at radius 3 is 2.81 bits per heavy atom. The van der Waals surface area contributed by atoms with E-state index in [2.05, 4.69) is 10.2 Å². The molecule has 8 heteroatoms. The van der Waals surface area contributed by atoms with Crippen molar-refractivity contribution >= 4 is 26.5 Å². The van der Waals surface area contributed by atoms with E-state index in [4.69, 9.17) is 5.73 Å². The molecule has 0 atom stereocenters. The van der Waals surface area contributed by atoms with Crippen LogP contribution < -0.4 is 5.73 Å². The highest BCUT2D eigenvalue weighted by molar-refractivity contribution is 7.91. The number of nitrogens with two attached hydrogens (primary N) is 1. The van der Waals surface area contributed by atoms with Crippen LogP contribution in [-0.4, -0.2) is 36.0 Å². The van der Waals surface area contributed by atoms with Crippen LogP contribution in [-0.2, 0) is 10.0 Å². The van der Waals surface area contributed by atoms with E-state index in [0.717, 1.165) is 23.3 Å². The molecule has 2 N–H and O–H groups in total. The largest absolute Gasteiger partial charge is 0.374 e. The number of rotatable bonds is 2. The molecule has 0 bridgehead atoms. The van der Waals surface area contributed by atoms with Gasteiger partial charge in [-0.1, -0.05) is 23.0 Å². The zero-order valence-corrected chi connectivity index (χ0v) is 10.4. The van der Waals surface area contributed by atoms with Gasteiger partial charge >= 0.3 is 0 Å². The second-order valence-corrected chi connectivity index (χ2v) is 6.70. The monoisotopic (exact) mass is 260 g/mol. The minimum absolute atomic E-state index is 0.0281. The quantitative estimate of drug-likeness (QED) is 0.780. The van der Waals surface area contributed by atoms with Crippen LogP contribution in [0.3, 0.4) is 0 Å². The Morgan fingerprint density at radius 2 is 2.25 bits per heavy atom. The van der Waals surface area contributed by atoms with Crippen LogP contribution in [0, 0.1) is 0 Å². The molecule has 16 heavy (non-hydrogen) atoms. The van der Waals surface area contributed by atoms with Gasteiger partial charge in [0.1, 0.15) is 0 Å². The van der Waals surface area contributed by atoms with Gasteiger partial charge < -0.3 is 5.73 Å². The molecule has 0 aromatic carbocycles. The zero-order chi connectivity index (χ0) is 11.8. The lowest BCUT2D eigenvalue weighted by Crippen LogP contribution is -2.35. The SMILES string of the molecule is CC1=CCCN(S(=O)(=O)c2nnc(N)s2)C1. The molecule has 0 aliphatic carbocycles. The molecule has 2 rings (SSSR count). The summed E-state index contributed by atoms with van der Waals surface area (Å²) in [5, 5.41) is 7.27. The summed E-state index contributed by atoms with van der Waals surface area (Å²) >= 11 is 0.896. The molecular formula is C8H12N4O2S2. The summed E-state index contributed by atoms with van der Waals surface area (Å²) in [7, 11) is -3.52. The van der Waals surface area contributed by atoms with E-state index in [1.165, 1.54) is 4.31 Å². The smallest absolute Gasteiger partial charge is 0.272 e. The fourth-order valence-electron chi connectivity index (χ4n) is 1.52. The van der Waals surface area contributed by atoms with Crippen molar-refractivity contribution in [3.63, 3.8) is 0 Å². The molecule has 88 valence electrons. The highest BCUT2D eigenvalue weighted by atomic mass is 32.2. The van der Waals surface area contributed by atoms with Gasteiger partial charge in [0, 0.05) is 13.1 Å². The first kappa shape index (κ1) is 11.5. The Kier molecular flexibility index (Phi) is 2.96. The third kappa shape index (κ3) is 2.08. The van der Waals surface area contributed by atoms with Gasteiger partial charge in [0.15, 0.2) is 0 Å². The van der Waals surface area contributed by atoms with Gasteiger partial charge in [-0.2, -0.15) is 4.31 Å². The number of aromatic nitrogens is 2. The lowest BCUT2D eigenvalue weighted by atomic mass is 10.2. The van der Waals surface area contributed by atoms with E-state index in [9.17, 15) is 8.42 Å². The molecular weight excluding hydrogens is 248 g/mol. The Hall–Kier alpha value is -0.990. The Balaban J connectivity index is 2.30. The molecule has 1 aliphatic rings. The molecule has 2 heterocycles. The Bertz CT molecular complexity index is 520. The standard InChI is InChI=1S/C8H12N4O2S2/c1-6-3-2-4-12(5-6)16(13,14)8-11-10-7(9)15-8/h3H,2,4-5H2,1H3,(H2,9,10). The molecule has 0 radical (unpaired) electrons. The van der Waals surface area contributed by atoms with Gasteiger partial charge in [-0.3, -0.25) is 0 Å². The van der Waals surface area contributed by atoms with Crippen molar-refractivity contribution in [2.75, 3.05) is 18.8 Å². The number of sulfonamides is 1. The highest BCUT2D eigenvalue weighted by Crippen LogP contribution is 2.23. The van der Waals surface area contributed by atoms with E-state index in [0.29, 0.717) is 13.1 Å². The maximum absolute atomic E-state index is 12.1. The summed E-state index contributed by atoms with van der Waals surface area (Å²) in [6, 6.07) is 0. The predicted molar refractivity (Wildman–Crippen MR) is 61.5 cm³/mol. The summed E-state index contributed by atoms with van der Waals surface area (Å²) in [5.74, 6) is 0. The summed E-state index contributed by atoms with van der Waals surface area (Å²) in [5.41, 5.74) is 6.43. The topological polar surface area (TPSA) is 89.2 Å². The van der Waals surface area contributed by atoms with Gasteiger partial charge in [-0.05, 0) is 13.3 Å². The first-order chi connectivity index (χ1) is 7.50. The number of nitrogen functional groups attached to an aromatic ring is 1. The van der Waals surface area contributed by atoms with Crippen molar-refractivity contribution < 1.29 is 8.42 Å². The van der Waals surface area contributed by atoms with E-state index in [1.54, 1.807) is 0 Å². The third-order valence-electron chi connectivity index (χ3n) is 2.28. The molecule has 0 unspecified atom stereocenters. The lowest BCUT2D eigenvalue weighted by Gasteiger charge is -2.23. The fourth-order valence-corrected chi connectivity index (χ4v) is 3.94. The van der Waals surface area contributed by atoms with Crippen molar-refractivity contribution in [3.8, 4) is 0 Å². The van der Waals surface area contributed by atoms with Crippen LogP contribution in [0.1, 0.15) is 13.3 Å². The van der Waals surface area contributed by atoms with Gasteiger partial charge in [0.05, 0.1) is 0 Å². The second-order valence-electron chi connectivity index (χ2n) is 3.58. The first-order valence-corrected chi connectivity index (χ1v) is 7.00. The third-order valence-corrected chi connectivity index (χ3v) is 5.22. The molecule has 1 aliphatic heterocycles. The van der Waals surface area contributed by atoms with Crippen molar-refractivity contribution in [2.45, 2.75) is 17.7 Å². The van der Waals surface area contributed by atoms with Gasteiger partial charge in [-0.15, -0.1) is 10.2 Å². The molecule has 0 saturated carbocycles. The average molecular weight is 260 g/mol. The van der Waals surface area contributed by atoms with Crippen molar-refractivity contribution in [1.82, 2.24) is 14.5 Å². The molecule has 0 fully saturated rings. The molecule has 1 aromatic heterocycles. The maximum atomic E-state index is 12.1. The van der Waals surface area contributed by atoms with E-state index in [-0.39, 0.29) is 9.47 Å². The zero-order valence-electron chi connectivity index (χ0n) is 8.75. The van der Waals surface area contributed by atoms with E-state index >= 15 is 0 Å². The van der Waals surface area contributed by atoms with Crippen molar-refractivity contribution in [2.24, 2.45) is 0 Å². The minimum atomic E-state index is -3.52. The van der Waals surface area contributed by atoms with Crippen LogP contribution >= 0.6 is 11.3 Å². The first-order valence-electron chi connectivity index (χ1n) is 4.75. The Labute approximate surface area is 97.8 Å². The summed E-state index contributed by atoms with van der Waals surface area (Å²) in [6.07, 6.45) is 2.78. The van der Waals surface area contributed by atoms with Crippen molar-refractivity contribution in [1.29, 1.82) is 0 Å². The molecule has 0 amide bonds. The maximum Gasteiger partial charge on any atom is 0.272 e.